The number of hydrogen-bond donors (Lipinski definition) is 3. The molecule has 6 nitrogen and oxygen atoms in total. The summed E-state index contributed by atoms with van der Waals surface area (Å²) in [5.41, 5.74) is 1.38. The van der Waals surface area contributed by atoms with Gasteiger partial charge in [0.1, 0.15) is 5.75 Å². The van der Waals surface area contributed by atoms with Gasteiger partial charge in [0.15, 0.2) is 5.11 Å². The Hall–Kier alpha value is -2.16. The minimum atomic E-state index is -0.423. The van der Waals surface area contributed by atoms with Gasteiger partial charge in [-0.2, -0.15) is 0 Å². The molecule has 2 aromatic carbocycles. The fourth-order valence-corrected chi connectivity index (χ4v) is 3.24. The van der Waals surface area contributed by atoms with E-state index in [1.165, 1.54) is 0 Å². The third-order valence-electron chi connectivity index (χ3n) is 3.75. The van der Waals surface area contributed by atoms with Crippen LogP contribution >= 0.6 is 39.7 Å². The highest BCUT2D eigenvalue weighted by Gasteiger charge is 2.16. The molecule has 2 amide bonds. The maximum absolute atomic E-state index is 12.7. The van der Waals surface area contributed by atoms with E-state index in [2.05, 4.69) is 31.9 Å². The van der Waals surface area contributed by atoms with Gasteiger partial charge in [-0.25, -0.2) is 0 Å². The molecule has 2 rings (SSSR count). The molecular weight excluding hydrogens is 490 g/mol. The normalized spacial score (nSPS) is 10.5. The van der Waals surface area contributed by atoms with Gasteiger partial charge < -0.3 is 15.4 Å². The number of halogens is 2. The third-order valence-corrected chi connectivity index (χ3v) is 4.78. The molecule has 0 aliphatic heterocycles. The second kappa shape index (κ2) is 11.3. The molecule has 0 spiro atoms. The Morgan fingerprint density at radius 3 is 2.57 bits per heavy atom. The maximum Gasteiger partial charge on any atom is 0.261 e. The second-order valence-corrected chi connectivity index (χ2v) is 8.44. The standard InChI is InChI=1S/C21H23BrClN3O3S/c1-4-5-19(27)24-14-7-8-16(23)17(11-14)25-21(30)26-20(28)15-10-13(22)6-9-18(15)29-12(2)3/h6-12H,4-5H2,1-3H3,(H,24,27)(H2,25,26,28,30). The molecule has 0 aromatic heterocycles. The Kier molecular flexibility index (Phi) is 9.08. The highest BCUT2D eigenvalue weighted by Crippen LogP contribution is 2.27. The van der Waals surface area contributed by atoms with Crippen molar-refractivity contribution in [3.05, 3.63) is 51.5 Å². The zero-order valence-corrected chi connectivity index (χ0v) is 20.0. The van der Waals surface area contributed by atoms with E-state index in [0.717, 1.165) is 10.9 Å². The van der Waals surface area contributed by atoms with E-state index >= 15 is 0 Å². The van der Waals surface area contributed by atoms with E-state index in [1.807, 2.05) is 20.8 Å². The van der Waals surface area contributed by atoms with Gasteiger partial charge in [-0.05, 0) is 68.9 Å². The summed E-state index contributed by atoms with van der Waals surface area (Å²) >= 11 is 14.9. The SMILES string of the molecule is CCCC(=O)Nc1ccc(Cl)c(NC(=S)NC(=O)c2cc(Br)ccc2OC(C)C)c1. The van der Waals surface area contributed by atoms with Gasteiger partial charge in [0, 0.05) is 16.6 Å². The number of nitrogens with one attached hydrogen (secondary N) is 3. The predicted octanol–water partition coefficient (Wildman–Crippen LogP) is 5.76. The Morgan fingerprint density at radius 1 is 1.17 bits per heavy atom. The summed E-state index contributed by atoms with van der Waals surface area (Å²) in [6, 6.07) is 10.2. The summed E-state index contributed by atoms with van der Waals surface area (Å²) in [7, 11) is 0. The first-order valence-corrected chi connectivity index (χ1v) is 11.0. The number of anilines is 2. The number of thiocarbonyl (C=S) groups is 1. The van der Waals surface area contributed by atoms with Crippen molar-refractivity contribution >= 4 is 68.1 Å². The van der Waals surface area contributed by atoms with Crippen molar-refractivity contribution in [2.75, 3.05) is 10.6 Å². The number of rotatable bonds is 7. The van der Waals surface area contributed by atoms with Gasteiger partial charge >= 0.3 is 0 Å². The lowest BCUT2D eigenvalue weighted by molar-refractivity contribution is -0.116. The lowest BCUT2D eigenvalue weighted by Crippen LogP contribution is -2.34. The fourth-order valence-electron chi connectivity index (χ4n) is 2.51. The largest absolute Gasteiger partial charge is 0.490 e. The van der Waals surface area contributed by atoms with E-state index < -0.39 is 5.91 Å². The fraction of sp³-hybridized carbons (Fsp3) is 0.286. The van der Waals surface area contributed by atoms with Crippen molar-refractivity contribution in [1.82, 2.24) is 5.32 Å². The highest BCUT2D eigenvalue weighted by atomic mass is 79.9. The van der Waals surface area contributed by atoms with E-state index in [0.29, 0.717) is 34.1 Å². The molecule has 0 atom stereocenters. The van der Waals surface area contributed by atoms with Crippen LogP contribution in [-0.2, 0) is 4.79 Å². The molecule has 0 unspecified atom stereocenters. The van der Waals surface area contributed by atoms with E-state index in [4.69, 9.17) is 28.6 Å². The summed E-state index contributed by atoms with van der Waals surface area (Å²) in [6.07, 6.45) is 1.08. The van der Waals surface area contributed by atoms with Crippen LogP contribution in [0.5, 0.6) is 5.75 Å². The Balaban J connectivity index is 2.11. The second-order valence-electron chi connectivity index (χ2n) is 6.71. The molecule has 0 fully saturated rings. The van der Waals surface area contributed by atoms with Crippen LogP contribution in [0.3, 0.4) is 0 Å². The predicted molar refractivity (Wildman–Crippen MR) is 129 cm³/mol. The smallest absolute Gasteiger partial charge is 0.261 e. The molecule has 0 saturated heterocycles. The van der Waals surface area contributed by atoms with Crippen molar-refractivity contribution in [2.45, 2.75) is 39.7 Å². The highest BCUT2D eigenvalue weighted by molar-refractivity contribution is 9.10. The molecule has 0 saturated carbocycles. The van der Waals surface area contributed by atoms with E-state index in [-0.39, 0.29) is 17.1 Å². The van der Waals surface area contributed by atoms with Crippen LogP contribution in [-0.4, -0.2) is 23.0 Å². The molecule has 0 aliphatic carbocycles. The maximum atomic E-state index is 12.7. The van der Waals surface area contributed by atoms with Crippen LogP contribution in [0.15, 0.2) is 40.9 Å². The van der Waals surface area contributed by atoms with Crippen LogP contribution in [0.4, 0.5) is 11.4 Å². The van der Waals surface area contributed by atoms with Gasteiger partial charge in [0.25, 0.3) is 5.91 Å². The van der Waals surface area contributed by atoms with Crippen molar-refractivity contribution in [2.24, 2.45) is 0 Å². The number of hydrogen-bond acceptors (Lipinski definition) is 4. The first kappa shape index (κ1) is 24.1. The number of amides is 2. The molecular formula is C21H23BrClN3O3S. The topological polar surface area (TPSA) is 79.5 Å². The Labute approximate surface area is 194 Å². The number of carbonyl (C=O) groups excluding carboxylic acids is 2. The van der Waals surface area contributed by atoms with Crippen molar-refractivity contribution in [3.8, 4) is 5.75 Å². The summed E-state index contributed by atoms with van der Waals surface area (Å²) < 4.78 is 6.44. The van der Waals surface area contributed by atoms with Crippen LogP contribution in [0, 0.1) is 0 Å². The minimum absolute atomic E-state index is 0.0643. The first-order valence-electron chi connectivity index (χ1n) is 9.37. The monoisotopic (exact) mass is 511 g/mol. The quantitative estimate of drug-likeness (QED) is 0.411. The van der Waals surface area contributed by atoms with Gasteiger partial charge in [0.05, 0.1) is 22.4 Å². The van der Waals surface area contributed by atoms with E-state index in [9.17, 15) is 9.59 Å². The average molecular weight is 513 g/mol. The zero-order valence-electron chi connectivity index (χ0n) is 16.8. The Morgan fingerprint density at radius 2 is 1.90 bits per heavy atom. The van der Waals surface area contributed by atoms with Gasteiger partial charge in [-0.3, -0.25) is 14.9 Å². The molecule has 160 valence electrons. The summed E-state index contributed by atoms with van der Waals surface area (Å²) in [5.74, 6) is -0.0610. The zero-order chi connectivity index (χ0) is 22.3. The minimum Gasteiger partial charge on any atom is -0.490 e. The van der Waals surface area contributed by atoms with Crippen LogP contribution in [0.25, 0.3) is 0 Å². The van der Waals surface area contributed by atoms with Gasteiger partial charge in [-0.15, -0.1) is 0 Å². The Bertz CT molecular complexity index is 953. The van der Waals surface area contributed by atoms with Crippen molar-refractivity contribution < 1.29 is 14.3 Å². The molecule has 30 heavy (non-hydrogen) atoms. The van der Waals surface area contributed by atoms with Crippen LogP contribution in [0.2, 0.25) is 5.02 Å². The summed E-state index contributed by atoms with van der Waals surface area (Å²) in [5, 5.41) is 8.77. The number of ether oxygens (including phenoxy) is 1. The lowest BCUT2D eigenvalue weighted by Gasteiger charge is -2.16. The van der Waals surface area contributed by atoms with Gasteiger partial charge in [0.2, 0.25) is 5.91 Å². The van der Waals surface area contributed by atoms with Crippen molar-refractivity contribution in [3.63, 3.8) is 0 Å². The summed E-state index contributed by atoms with van der Waals surface area (Å²) in [6.45, 7) is 5.69. The molecule has 0 bridgehead atoms. The molecule has 0 radical (unpaired) electrons. The van der Waals surface area contributed by atoms with Crippen LogP contribution in [0.1, 0.15) is 44.0 Å². The molecule has 9 heteroatoms. The number of carbonyl (C=O) groups is 2. The molecule has 2 aromatic rings. The molecule has 3 N–H and O–H groups in total. The first-order chi connectivity index (χ1) is 14.2. The molecule has 0 heterocycles. The number of benzene rings is 2. The summed E-state index contributed by atoms with van der Waals surface area (Å²) in [4.78, 5) is 24.5. The van der Waals surface area contributed by atoms with Gasteiger partial charge in [-0.1, -0.05) is 34.5 Å². The third kappa shape index (κ3) is 7.27. The average Bonchev–Trinajstić information content (AvgIpc) is 2.65. The molecule has 0 aliphatic rings. The lowest BCUT2D eigenvalue weighted by atomic mass is 10.2. The van der Waals surface area contributed by atoms with E-state index in [1.54, 1.807) is 36.4 Å². The van der Waals surface area contributed by atoms with Crippen LogP contribution < -0.4 is 20.7 Å². The van der Waals surface area contributed by atoms with Crippen molar-refractivity contribution in [1.29, 1.82) is 0 Å².